The number of hydrogen-bond donors (Lipinski definition) is 1. The van der Waals surface area contributed by atoms with E-state index in [4.69, 9.17) is 11.6 Å². The van der Waals surface area contributed by atoms with E-state index in [1.54, 1.807) is 6.92 Å². The third-order valence-corrected chi connectivity index (χ3v) is 5.63. The van der Waals surface area contributed by atoms with Crippen LogP contribution >= 0.6 is 11.6 Å². The first-order valence-electron chi connectivity index (χ1n) is 7.07. The molecule has 1 aromatic rings. The summed E-state index contributed by atoms with van der Waals surface area (Å²) in [5.74, 6) is 0.924. The van der Waals surface area contributed by atoms with Gasteiger partial charge in [-0.3, -0.25) is 0 Å². The van der Waals surface area contributed by atoms with Crippen LogP contribution in [0.3, 0.4) is 0 Å². The molecule has 0 radical (unpaired) electrons. The molecule has 1 aromatic carbocycles. The Balaban J connectivity index is 2.55. The Morgan fingerprint density at radius 3 is 2.60 bits per heavy atom. The van der Waals surface area contributed by atoms with Gasteiger partial charge in [0.05, 0.1) is 5.75 Å². The zero-order valence-electron chi connectivity index (χ0n) is 12.2. The molecule has 114 valence electrons. The average molecular weight is 318 g/mol. The fraction of sp³-hybridized carbons (Fsp3) is 0.600. The normalized spacial score (nSPS) is 13.3. The lowest BCUT2D eigenvalue weighted by Crippen LogP contribution is -2.22. The van der Waals surface area contributed by atoms with E-state index >= 15 is 0 Å². The van der Waals surface area contributed by atoms with Gasteiger partial charge in [-0.15, -0.1) is 0 Å². The maximum atomic E-state index is 11.5. The molecule has 0 fully saturated rings. The summed E-state index contributed by atoms with van der Waals surface area (Å²) in [6.45, 7) is 2.57. The van der Waals surface area contributed by atoms with Crippen LogP contribution in [0, 0.1) is 5.92 Å². The fourth-order valence-corrected chi connectivity index (χ4v) is 3.38. The van der Waals surface area contributed by atoms with Gasteiger partial charge in [0, 0.05) is 10.8 Å². The number of nitrogens with one attached hydrogen (secondary N) is 1. The van der Waals surface area contributed by atoms with Crippen molar-refractivity contribution in [2.24, 2.45) is 5.92 Å². The number of hydrogen-bond acceptors (Lipinski definition) is 3. The molecule has 0 heterocycles. The topological polar surface area (TPSA) is 46.2 Å². The lowest BCUT2D eigenvalue weighted by molar-refractivity contribution is 0.455. The molecule has 0 amide bonds. The number of sulfone groups is 1. The summed E-state index contributed by atoms with van der Waals surface area (Å²) in [6.07, 6.45) is 2.49. The number of benzene rings is 1. The smallest absolute Gasteiger partial charge is 0.150 e. The van der Waals surface area contributed by atoms with E-state index in [1.807, 2.05) is 31.3 Å². The van der Waals surface area contributed by atoms with Gasteiger partial charge in [-0.05, 0) is 50.4 Å². The van der Waals surface area contributed by atoms with E-state index in [0.29, 0.717) is 12.3 Å². The third-order valence-electron chi connectivity index (χ3n) is 3.47. The van der Waals surface area contributed by atoms with Crippen molar-refractivity contribution in [3.63, 3.8) is 0 Å². The van der Waals surface area contributed by atoms with Gasteiger partial charge in [-0.1, -0.05) is 36.7 Å². The van der Waals surface area contributed by atoms with E-state index < -0.39 is 9.84 Å². The molecule has 0 saturated heterocycles. The molecule has 0 aliphatic rings. The molecule has 20 heavy (non-hydrogen) atoms. The van der Waals surface area contributed by atoms with Gasteiger partial charge >= 0.3 is 0 Å². The minimum Gasteiger partial charge on any atom is -0.319 e. The molecule has 0 saturated carbocycles. The summed E-state index contributed by atoms with van der Waals surface area (Å²) in [7, 11) is -0.939. The zero-order chi connectivity index (χ0) is 15.0. The van der Waals surface area contributed by atoms with Gasteiger partial charge < -0.3 is 5.32 Å². The molecule has 3 nitrogen and oxygen atoms in total. The first kappa shape index (κ1) is 17.5. The minimum atomic E-state index is -2.86. The lowest BCUT2D eigenvalue weighted by Gasteiger charge is -2.17. The SMILES string of the molecule is CCS(=O)(=O)CCCC(CNC)Cc1ccccc1Cl. The second-order valence-corrected chi connectivity index (χ2v) is 7.98. The summed E-state index contributed by atoms with van der Waals surface area (Å²) in [6, 6.07) is 7.84. The molecular weight excluding hydrogens is 294 g/mol. The second-order valence-electron chi connectivity index (χ2n) is 5.10. The summed E-state index contributed by atoms with van der Waals surface area (Å²) >= 11 is 6.18. The van der Waals surface area contributed by atoms with Crippen LogP contribution in [0.15, 0.2) is 24.3 Å². The van der Waals surface area contributed by atoms with Crippen molar-refractivity contribution in [3.8, 4) is 0 Å². The van der Waals surface area contributed by atoms with Crippen LogP contribution < -0.4 is 5.32 Å². The average Bonchev–Trinajstić information content (AvgIpc) is 2.41. The lowest BCUT2D eigenvalue weighted by atomic mass is 9.95. The molecule has 0 spiro atoms. The Morgan fingerprint density at radius 2 is 2.00 bits per heavy atom. The van der Waals surface area contributed by atoms with Gasteiger partial charge in [0.15, 0.2) is 0 Å². The van der Waals surface area contributed by atoms with Crippen molar-refractivity contribution < 1.29 is 8.42 Å². The predicted octanol–water partition coefficient (Wildman–Crippen LogP) is 2.93. The zero-order valence-corrected chi connectivity index (χ0v) is 13.8. The first-order chi connectivity index (χ1) is 9.48. The molecule has 1 rings (SSSR count). The van der Waals surface area contributed by atoms with Gasteiger partial charge in [0.25, 0.3) is 0 Å². The minimum absolute atomic E-state index is 0.230. The van der Waals surface area contributed by atoms with Crippen LogP contribution in [0.2, 0.25) is 5.02 Å². The highest BCUT2D eigenvalue weighted by atomic mass is 35.5. The Labute approximate surface area is 127 Å². The van der Waals surface area contributed by atoms with Crippen LogP contribution in [0.5, 0.6) is 0 Å². The highest BCUT2D eigenvalue weighted by Gasteiger charge is 2.13. The number of rotatable bonds is 9. The third kappa shape index (κ3) is 6.25. The van der Waals surface area contributed by atoms with Crippen molar-refractivity contribution >= 4 is 21.4 Å². The Kier molecular flexibility index (Phi) is 7.56. The molecule has 0 bridgehead atoms. The quantitative estimate of drug-likeness (QED) is 0.761. The standard InChI is InChI=1S/C15H24ClNO2S/c1-3-20(18,19)10-6-7-13(12-17-2)11-14-8-4-5-9-15(14)16/h4-5,8-9,13,17H,3,6-7,10-12H2,1-2H3. The molecule has 1 N–H and O–H groups in total. The van der Waals surface area contributed by atoms with Crippen molar-refractivity contribution in [1.29, 1.82) is 0 Å². The highest BCUT2D eigenvalue weighted by molar-refractivity contribution is 7.91. The van der Waals surface area contributed by atoms with Gasteiger partial charge in [0.1, 0.15) is 9.84 Å². The van der Waals surface area contributed by atoms with Gasteiger partial charge in [0.2, 0.25) is 0 Å². The van der Waals surface area contributed by atoms with Crippen molar-refractivity contribution in [3.05, 3.63) is 34.9 Å². The largest absolute Gasteiger partial charge is 0.319 e. The van der Waals surface area contributed by atoms with Crippen molar-refractivity contribution in [2.75, 3.05) is 25.1 Å². The Morgan fingerprint density at radius 1 is 1.30 bits per heavy atom. The first-order valence-corrected chi connectivity index (χ1v) is 9.27. The van der Waals surface area contributed by atoms with Gasteiger partial charge in [-0.2, -0.15) is 0 Å². The molecular formula is C15H24ClNO2S. The van der Waals surface area contributed by atoms with Crippen LogP contribution in [0.25, 0.3) is 0 Å². The fourth-order valence-electron chi connectivity index (χ4n) is 2.28. The molecule has 0 aliphatic carbocycles. The van der Waals surface area contributed by atoms with Crippen molar-refractivity contribution in [2.45, 2.75) is 26.2 Å². The van der Waals surface area contributed by atoms with Crippen LogP contribution in [0.4, 0.5) is 0 Å². The maximum Gasteiger partial charge on any atom is 0.150 e. The molecule has 1 atom stereocenters. The summed E-state index contributed by atoms with van der Waals surface area (Å²) in [4.78, 5) is 0. The van der Waals surface area contributed by atoms with Crippen LogP contribution in [-0.2, 0) is 16.3 Å². The Hall–Kier alpha value is -0.580. The van der Waals surface area contributed by atoms with E-state index in [9.17, 15) is 8.42 Å². The molecule has 0 aliphatic heterocycles. The monoisotopic (exact) mass is 317 g/mol. The highest BCUT2D eigenvalue weighted by Crippen LogP contribution is 2.21. The maximum absolute atomic E-state index is 11.5. The second kappa shape index (κ2) is 8.65. The van der Waals surface area contributed by atoms with Crippen LogP contribution in [-0.4, -0.2) is 33.5 Å². The Bertz CT molecular complexity index is 502. The molecule has 1 unspecified atom stereocenters. The van der Waals surface area contributed by atoms with Crippen molar-refractivity contribution in [1.82, 2.24) is 5.32 Å². The summed E-state index contributed by atoms with van der Waals surface area (Å²) in [5.41, 5.74) is 1.13. The summed E-state index contributed by atoms with van der Waals surface area (Å²) < 4.78 is 23.0. The predicted molar refractivity (Wildman–Crippen MR) is 86.1 cm³/mol. The van der Waals surface area contributed by atoms with Crippen LogP contribution in [0.1, 0.15) is 25.3 Å². The summed E-state index contributed by atoms with van der Waals surface area (Å²) in [5, 5.41) is 3.96. The van der Waals surface area contributed by atoms with E-state index in [1.165, 1.54) is 0 Å². The number of halogens is 1. The molecule has 0 aromatic heterocycles. The van der Waals surface area contributed by atoms with E-state index in [0.717, 1.165) is 30.0 Å². The van der Waals surface area contributed by atoms with Gasteiger partial charge in [-0.25, -0.2) is 8.42 Å². The van der Waals surface area contributed by atoms with E-state index in [2.05, 4.69) is 5.32 Å². The molecule has 5 heteroatoms. The van der Waals surface area contributed by atoms with E-state index in [-0.39, 0.29) is 11.5 Å².